The van der Waals surface area contributed by atoms with Crippen molar-refractivity contribution < 1.29 is 0 Å². The van der Waals surface area contributed by atoms with Crippen LogP contribution >= 0.6 is 0 Å². The van der Waals surface area contributed by atoms with Gasteiger partial charge in [0, 0.05) is 22.5 Å². The summed E-state index contributed by atoms with van der Waals surface area (Å²) < 4.78 is 0. The van der Waals surface area contributed by atoms with E-state index in [0.717, 1.165) is 24.2 Å². The molecule has 0 amide bonds. The second-order valence-corrected chi connectivity index (χ2v) is 17.9. The summed E-state index contributed by atoms with van der Waals surface area (Å²) in [6.45, 7) is 4.75. The normalized spacial score (nSPS) is 14.0. The Morgan fingerprint density at radius 2 is 0.877 bits per heavy atom. The van der Waals surface area contributed by atoms with Crippen molar-refractivity contribution in [1.29, 1.82) is 0 Å². The molecule has 1 heteroatoms. The highest BCUT2D eigenvalue weighted by Crippen LogP contribution is 2.58. The van der Waals surface area contributed by atoms with Crippen LogP contribution in [-0.2, 0) is 10.8 Å². The molecular weight excluding hydrogens is 783 g/mol. The fourth-order valence-corrected chi connectivity index (χ4v) is 11.7. The molecule has 0 heterocycles. The van der Waals surface area contributed by atoms with Gasteiger partial charge in [-0.15, -0.1) is 0 Å². The fourth-order valence-electron chi connectivity index (χ4n) is 11.7. The van der Waals surface area contributed by atoms with Crippen molar-refractivity contribution in [1.82, 2.24) is 0 Å². The topological polar surface area (TPSA) is 3.24 Å². The van der Waals surface area contributed by atoms with Gasteiger partial charge in [-0.3, -0.25) is 0 Å². The molecule has 0 radical (unpaired) electrons. The predicted molar refractivity (Wildman–Crippen MR) is 276 cm³/mol. The zero-order valence-corrected chi connectivity index (χ0v) is 36.9. The van der Waals surface area contributed by atoms with E-state index in [-0.39, 0.29) is 5.41 Å². The third kappa shape index (κ3) is 5.99. The molecule has 1 nitrogen and oxygen atoms in total. The van der Waals surface area contributed by atoms with Crippen LogP contribution < -0.4 is 4.90 Å². The molecule has 0 spiro atoms. The summed E-state index contributed by atoms with van der Waals surface area (Å²) in [6.07, 6.45) is 6.72. The van der Waals surface area contributed by atoms with E-state index in [4.69, 9.17) is 0 Å². The van der Waals surface area contributed by atoms with Crippen LogP contribution in [0.1, 0.15) is 71.2 Å². The number of anilines is 3. The van der Waals surface area contributed by atoms with Crippen LogP contribution in [0.4, 0.5) is 17.1 Å². The summed E-state index contributed by atoms with van der Waals surface area (Å²) in [7, 11) is 0. The first-order valence-corrected chi connectivity index (χ1v) is 23.2. The van der Waals surface area contributed by atoms with Gasteiger partial charge in [0.2, 0.25) is 0 Å². The van der Waals surface area contributed by atoms with E-state index < -0.39 is 5.41 Å². The number of nitrogens with zero attached hydrogens (tertiary/aromatic N) is 1. The average Bonchev–Trinajstić information content (AvgIpc) is 3.83. The molecule has 10 aromatic carbocycles. The molecule has 0 aliphatic heterocycles. The SMILES string of the molecule is CCC1(CC)c2cc(/C=C/c3cccc4c3-c3ccccc3C4(c3ccccc3)c3ccccc3)ccc2-c2ccc(N(c3ccc4ccccc4c3)c3ccc4ccccc4c3)cc21. The van der Waals surface area contributed by atoms with Gasteiger partial charge >= 0.3 is 0 Å². The van der Waals surface area contributed by atoms with Gasteiger partial charge in [-0.25, -0.2) is 0 Å². The Morgan fingerprint density at radius 1 is 0.369 bits per heavy atom. The van der Waals surface area contributed by atoms with Crippen molar-refractivity contribution in [2.45, 2.75) is 37.5 Å². The van der Waals surface area contributed by atoms with Gasteiger partial charge in [-0.05, 0) is 138 Å². The highest BCUT2D eigenvalue weighted by Gasteiger charge is 2.46. The van der Waals surface area contributed by atoms with Gasteiger partial charge in [0.1, 0.15) is 0 Å². The summed E-state index contributed by atoms with van der Waals surface area (Å²) >= 11 is 0. The molecule has 65 heavy (non-hydrogen) atoms. The Hall–Kier alpha value is -7.74. The fraction of sp³-hybridized carbons (Fsp3) is 0.0938. The lowest BCUT2D eigenvalue weighted by atomic mass is 9.67. The molecule has 0 aromatic heterocycles. The minimum Gasteiger partial charge on any atom is -0.310 e. The van der Waals surface area contributed by atoms with Crippen molar-refractivity contribution in [3.05, 3.63) is 269 Å². The number of benzene rings is 10. The van der Waals surface area contributed by atoms with Crippen LogP contribution in [0, 0.1) is 0 Å². The number of rotatable bonds is 9. The van der Waals surface area contributed by atoms with Gasteiger partial charge in [0.15, 0.2) is 0 Å². The summed E-state index contributed by atoms with van der Waals surface area (Å²) in [5, 5.41) is 4.96. The van der Waals surface area contributed by atoms with Crippen LogP contribution in [-0.4, -0.2) is 0 Å². The maximum atomic E-state index is 2.50. The van der Waals surface area contributed by atoms with Crippen LogP contribution in [0.15, 0.2) is 224 Å². The Morgan fingerprint density at radius 3 is 1.51 bits per heavy atom. The number of fused-ring (bicyclic) bond motifs is 8. The van der Waals surface area contributed by atoms with Crippen molar-refractivity contribution in [3.8, 4) is 22.3 Å². The van der Waals surface area contributed by atoms with E-state index in [1.165, 1.54) is 94.0 Å². The Labute approximate surface area is 382 Å². The van der Waals surface area contributed by atoms with E-state index in [9.17, 15) is 0 Å². The predicted octanol–water partition coefficient (Wildman–Crippen LogP) is 17.1. The minimum absolute atomic E-state index is 0.124. The highest BCUT2D eigenvalue weighted by molar-refractivity contribution is 5.95. The molecule has 10 aromatic rings. The monoisotopic (exact) mass is 831 g/mol. The first kappa shape index (κ1) is 38.9. The molecule has 310 valence electrons. The zero-order valence-electron chi connectivity index (χ0n) is 36.9. The van der Waals surface area contributed by atoms with Gasteiger partial charge in [0.25, 0.3) is 0 Å². The quantitative estimate of drug-likeness (QED) is 0.131. The minimum atomic E-state index is -0.420. The molecule has 0 atom stereocenters. The molecule has 2 aliphatic rings. The van der Waals surface area contributed by atoms with Gasteiger partial charge in [-0.2, -0.15) is 0 Å². The molecule has 2 aliphatic carbocycles. The molecule has 12 rings (SSSR count). The highest BCUT2D eigenvalue weighted by atomic mass is 15.1. The molecule has 0 N–H and O–H groups in total. The first-order valence-electron chi connectivity index (χ1n) is 23.2. The smallest absolute Gasteiger partial charge is 0.0713 e. The maximum Gasteiger partial charge on any atom is 0.0713 e. The third-order valence-corrected chi connectivity index (χ3v) is 14.8. The van der Waals surface area contributed by atoms with Crippen LogP contribution in [0.5, 0.6) is 0 Å². The summed E-state index contributed by atoms with van der Waals surface area (Å²) in [4.78, 5) is 2.45. The summed E-state index contributed by atoms with van der Waals surface area (Å²) in [6, 6.07) is 83.5. The average molecular weight is 832 g/mol. The third-order valence-electron chi connectivity index (χ3n) is 14.8. The lowest BCUT2D eigenvalue weighted by molar-refractivity contribution is 0.490. The van der Waals surface area contributed by atoms with Crippen molar-refractivity contribution in [3.63, 3.8) is 0 Å². The van der Waals surface area contributed by atoms with E-state index in [1.807, 2.05) is 0 Å². The number of hydrogen-bond donors (Lipinski definition) is 0. The van der Waals surface area contributed by atoms with Crippen molar-refractivity contribution >= 4 is 50.8 Å². The summed E-state index contributed by atoms with van der Waals surface area (Å²) in [5.74, 6) is 0. The molecule has 0 unspecified atom stereocenters. The van der Waals surface area contributed by atoms with Crippen LogP contribution in [0.2, 0.25) is 0 Å². The zero-order chi connectivity index (χ0) is 43.5. The second-order valence-electron chi connectivity index (χ2n) is 17.9. The maximum absolute atomic E-state index is 2.50. The Bertz CT molecular complexity index is 3340. The Kier molecular flexibility index (Phi) is 9.28. The first-order chi connectivity index (χ1) is 32.1. The molecule has 0 fully saturated rings. The molecule has 0 bridgehead atoms. The van der Waals surface area contributed by atoms with E-state index in [0.29, 0.717) is 0 Å². The van der Waals surface area contributed by atoms with Crippen molar-refractivity contribution in [2.24, 2.45) is 0 Å². The standard InChI is InChI=1S/C64H49N/c1-3-63(4-2)60-40-44(30-32-47-22-17-29-59-62(47)57-27-15-16-28-58(57)64(59,50-23-7-5-8-24-50)51-25-9-6-10-26-51)31-38-55(60)56-39-37-54(43-61(56)63)65(52-35-33-45-18-11-13-20-48(45)41-52)53-36-34-46-19-12-14-21-49(46)42-53/h5-43H,3-4H2,1-2H3/b32-30+. The molecule has 0 saturated carbocycles. The van der Waals surface area contributed by atoms with Gasteiger partial charge < -0.3 is 4.90 Å². The lowest BCUT2D eigenvalue weighted by Gasteiger charge is -2.33. The second kappa shape index (κ2) is 15.5. The lowest BCUT2D eigenvalue weighted by Crippen LogP contribution is -2.28. The van der Waals surface area contributed by atoms with Crippen LogP contribution in [0.25, 0.3) is 56.0 Å². The van der Waals surface area contributed by atoms with E-state index in [1.54, 1.807) is 0 Å². The van der Waals surface area contributed by atoms with E-state index in [2.05, 4.69) is 255 Å². The largest absolute Gasteiger partial charge is 0.310 e. The van der Waals surface area contributed by atoms with E-state index >= 15 is 0 Å². The van der Waals surface area contributed by atoms with Gasteiger partial charge in [-0.1, -0.05) is 214 Å². The van der Waals surface area contributed by atoms with Crippen molar-refractivity contribution in [2.75, 3.05) is 4.90 Å². The Balaban J connectivity index is 0.960. The number of hydrogen-bond acceptors (Lipinski definition) is 1. The molecular formula is C64H49N. The molecule has 0 saturated heterocycles. The van der Waals surface area contributed by atoms with Crippen LogP contribution in [0.3, 0.4) is 0 Å². The van der Waals surface area contributed by atoms with Gasteiger partial charge in [0.05, 0.1) is 5.41 Å². The summed E-state index contributed by atoms with van der Waals surface area (Å²) in [5.41, 5.74) is 18.8.